The summed E-state index contributed by atoms with van der Waals surface area (Å²) >= 11 is 0. The van der Waals surface area contributed by atoms with Crippen molar-refractivity contribution in [3.05, 3.63) is 53.6 Å². The van der Waals surface area contributed by atoms with Crippen molar-refractivity contribution in [1.82, 2.24) is 5.32 Å². The van der Waals surface area contributed by atoms with Crippen LogP contribution in [0.15, 0.2) is 42.5 Å². The van der Waals surface area contributed by atoms with Crippen LogP contribution in [0, 0.1) is 6.92 Å². The van der Waals surface area contributed by atoms with E-state index in [0.717, 1.165) is 49.6 Å². The third kappa shape index (κ3) is 5.66. The molecule has 5 nitrogen and oxygen atoms in total. The first-order chi connectivity index (χ1) is 14.0. The average Bonchev–Trinajstić information content (AvgIpc) is 3.14. The number of carbonyl (C=O) groups is 1. The van der Waals surface area contributed by atoms with Crippen LogP contribution in [-0.2, 0) is 4.79 Å². The van der Waals surface area contributed by atoms with E-state index in [2.05, 4.69) is 42.3 Å². The largest absolute Gasteiger partial charge is 0.494 e. The zero-order chi connectivity index (χ0) is 20.8. The number of benzene rings is 2. The van der Waals surface area contributed by atoms with E-state index in [1.54, 1.807) is 0 Å². The van der Waals surface area contributed by atoms with E-state index in [4.69, 9.17) is 9.47 Å². The van der Waals surface area contributed by atoms with Crippen LogP contribution in [0.5, 0.6) is 11.5 Å². The van der Waals surface area contributed by atoms with Gasteiger partial charge in [-0.05, 0) is 61.7 Å². The Morgan fingerprint density at radius 3 is 2.59 bits per heavy atom. The number of nitrogens with one attached hydrogen (secondary N) is 1. The van der Waals surface area contributed by atoms with Gasteiger partial charge in [0.2, 0.25) is 5.91 Å². The van der Waals surface area contributed by atoms with Crippen molar-refractivity contribution in [3.8, 4) is 11.5 Å². The number of hydrogen-bond donors (Lipinski definition) is 1. The number of ether oxygens (including phenoxy) is 2. The summed E-state index contributed by atoms with van der Waals surface area (Å²) in [6, 6.07) is 14.3. The summed E-state index contributed by atoms with van der Waals surface area (Å²) in [6.07, 6.45) is 2.18. The first-order valence-electron chi connectivity index (χ1n) is 10.5. The molecule has 156 valence electrons. The second-order valence-electron chi connectivity index (χ2n) is 7.76. The zero-order valence-corrected chi connectivity index (χ0v) is 17.9. The van der Waals surface area contributed by atoms with Gasteiger partial charge in [0.25, 0.3) is 0 Å². The van der Waals surface area contributed by atoms with Gasteiger partial charge < -0.3 is 19.7 Å². The van der Waals surface area contributed by atoms with E-state index in [0.29, 0.717) is 0 Å². The van der Waals surface area contributed by atoms with E-state index in [9.17, 15) is 4.79 Å². The molecule has 0 spiro atoms. The summed E-state index contributed by atoms with van der Waals surface area (Å²) in [4.78, 5) is 13.6. The Hall–Kier alpha value is -2.69. The van der Waals surface area contributed by atoms with Gasteiger partial charge in [0.05, 0.1) is 19.2 Å². The summed E-state index contributed by atoms with van der Waals surface area (Å²) in [5.41, 5.74) is 3.55. The Labute approximate surface area is 174 Å². The molecule has 1 aliphatic rings. The minimum Gasteiger partial charge on any atom is -0.494 e. The van der Waals surface area contributed by atoms with Gasteiger partial charge in [0.1, 0.15) is 17.6 Å². The molecule has 0 radical (unpaired) electrons. The predicted molar refractivity (Wildman–Crippen MR) is 117 cm³/mol. The van der Waals surface area contributed by atoms with Crippen molar-refractivity contribution in [3.63, 3.8) is 0 Å². The molecule has 3 rings (SSSR count). The standard InChI is InChI=1S/C24H32N2O3/c1-5-14-28-22-10-11-24(17(2)15-22)26-13-12-23(16-26)29-21-8-6-20(7-9-21)18(3)25-19(4)27/h6-11,15,18,23H,5,12-14,16H2,1-4H3,(H,25,27)/t18-,23+/m0/s1. The highest BCUT2D eigenvalue weighted by atomic mass is 16.5. The van der Waals surface area contributed by atoms with Gasteiger partial charge >= 0.3 is 0 Å². The maximum Gasteiger partial charge on any atom is 0.217 e. The molecule has 0 unspecified atom stereocenters. The Bertz CT molecular complexity index is 819. The lowest BCUT2D eigenvalue weighted by Gasteiger charge is -2.22. The zero-order valence-electron chi connectivity index (χ0n) is 17.9. The molecule has 0 saturated carbocycles. The van der Waals surface area contributed by atoms with Crippen LogP contribution in [0.1, 0.15) is 50.8 Å². The first kappa shape index (κ1) is 21.0. The third-order valence-electron chi connectivity index (χ3n) is 5.23. The molecule has 0 bridgehead atoms. The van der Waals surface area contributed by atoms with Crippen molar-refractivity contribution in [2.24, 2.45) is 0 Å². The van der Waals surface area contributed by atoms with Crippen LogP contribution in [0.3, 0.4) is 0 Å². The highest BCUT2D eigenvalue weighted by Crippen LogP contribution is 2.29. The molecule has 2 aromatic carbocycles. The third-order valence-corrected chi connectivity index (χ3v) is 5.23. The molecule has 0 aromatic heterocycles. The molecule has 0 aliphatic carbocycles. The Morgan fingerprint density at radius 2 is 1.93 bits per heavy atom. The van der Waals surface area contributed by atoms with Gasteiger partial charge in [-0.2, -0.15) is 0 Å². The summed E-state index contributed by atoms with van der Waals surface area (Å²) in [7, 11) is 0. The van der Waals surface area contributed by atoms with E-state index >= 15 is 0 Å². The number of nitrogens with zero attached hydrogens (tertiary/aromatic N) is 1. The molecular formula is C24H32N2O3. The molecule has 1 N–H and O–H groups in total. The minimum absolute atomic E-state index is 0.00391. The van der Waals surface area contributed by atoms with Crippen LogP contribution in [0.4, 0.5) is 5.69 Å². The van der Waals surface area contributed by atoms with Crippen LogP contribution < -0.4 is 19.7 Å². The van der Waals surface area contributed by atoms with Crippen molar-refractivity contribution in [2.75, 3.05) is 24.6 Å². The summed E-state index contributed by atoms with van der Waals surface area (Å²) in [5.74, 6) is 1.79. The van der Waals surface area contributed by atoms with E-state index in [-0.39, 0.29) is 18.1 Å². The van der Waals surface area contributed by atoms with Crippen LogP contribution in [0.2, 0.25) is 0 Å². The fourth-order valence-corrected chi connectivity index (χ4v) is 3.75. The smallest absolute Gasteiger partial charge is 0.217 e. The average molecular weight is 397 g/mol. The maximum atomic E-state index is 11.2. The number of aryl methyl sites for hydroxylation is 1. The first-order valence-corrected chi connectivity index (χ1v) is 10.5. The molecule has 2 atom stereocenters. The van der Waals surface area contributed by atoms with Gasteiger partial charge in [-0.1, -0.05) is 19.1 Å². The molecule has 1 aliphatic heterocycles. The molecule has 1 amide bonds. The van der Waals surface area contributed by atoms with E-state index in [1.807, 2.05) is 31.2 Å². The fourth-order valence-electron chi connectivity index (χ4n) is 3.75. The van der Waals surface area contributed by atoms with Gasteiger partial charge in [0, 0.05) is 25.6 Å². The SMILES string of the molecule is CCCOc1ccc(N2CC[C@@H](Oc3ccc([C@H](C)NC(C)=O)cc3)C2)c(C)c1. The van der Waals surface area contributed by atoms with Crippen molar-refractivity contribution < 1.29 is 14.3 Å². The molecule has 29 heavy (non-hydrogen) atoms. The van der Waals surface area contributed by atoms with Crippen LogP contribution in [-0.4, -0.2) is 31.7 Å². The highest BCUT2D eigenvalue weighted by Gasteiger charge is 2.25. The topological polar surface area (TPSA) is 50.8 Å². The lowest BCUT2D eigenvalue weighted by atomic mass is 10.1. The number of rotatable bonds is 8. The molecule has 1 fully saturated rings. The molecule has 1 heterocycles. The monoisotopic (exact) mass is 396 g/mol. The van der Waals surface area contributed by atoms with Crippen molar-refractivity contribution in [2.45, 2.75) is 52.7 Å². The second kappa shape index (κ2) is 9.68. The van der Waals surface area contributed by atoms with Crippen molar-refractivity contribution in [1.29, 1.82) is 0 Å². The normalized spacial score (nSPS) is 17.1. The minimum atomic E-state index is -0.0240. The number of amides is 1. The lowest BCUT2D eigenvalue weighted by molar-refractivity contribution is -0.119. The molecule has 2 aromatic rings. The van der Waals surface area contributed by atoms with Gasteiger partial charge in [0.15, 0.2) is 0 Å². The van der Waals surface area contributed by atoms with Gasteiger partial charge in [-0.3, -0.25) is 4.79 Å². The number of anilines is 1. The van der Waals surface area contributed by atoms with Crippen LogP contribution in [0.25, 0.3) is 0 Å². The maximum absolute atomic E-state index is 11.2. The predicted octanol–water partition coefficient (Wildman–Crippen LogP) is 4.64. The van der Waals surface area contributed by atoms with Crippen molar-refractivity contribution >= 4 is 11.6 Å². The van der Waals surface area contributed by atoms with Crippen LogP contribution >= 0.6 is 0 Å². The van der Waals surface area contributed by atoms with Gasteiger partial charge in [-0.25, -0.2) is 0 Å². The lowest BCUT2D eigenvalue weighted by Crippen LogP contribution is -2.25. The summed E-state index contributed by atoms with van der Waals surface area (Å²) in [5, 5.41) is 2.90. The Balaban J connectivity index is 1.56. The Kier molecular flexibility index (Phi) is 7.02. The number of hydrogen-bond acceptors (Lipinski definition) is 4. The second-order valence-corrected chi connectivity index (χ2v) is 7.76. The summed E-state index contributed by atoms with van der Waals surface area (Å²) < 4.78 is 11.9. The van der Waals surface area contributed by atoms with E-state index < -0.39 is 0 Å². The molecule has 1 saturated heterocycles. The number of carbonyl (C=O) groups excluding carboxylic acids is 1. The molecular weight excluding hydrogens is 364 g/mol. The summed E-state index contributed by atoms with van der Waals surface area (Å²) in [6.45, 7) is 10.4. The quantitative estimate of drug-likeness (QED) is 0.706. The Morgan fingerprint density at radius 1 is 1.21 bits per heavy atom. The fraction of sp³-hybridized carbons (Fsp3) is 0.458. The van der Waals surface area contributed by atoms with Gasteiger partial charge in [-0.15, -0.1) is 0 Å². The highest BCUT2D eigenvalue weighted by molar-refractivity contribution is 5.73. The molecule has 5 heteroatoms. The van der Waals surface area contributed by atoms with E-state index in [1.165, 1.54) is 18.2 Å².